The summed E-state index contributed by atoms with van der Waals surface area (Å²) in [5, 5.41) is 0.559. The number of hydrogen-bond acceptors (Lipinski definition) is 3. The topological polar surface area (TPSA) is 63.4 Å². The zero-order valence-corrected chi connectivity index (χ0v) is 13.7. The lowest BCUT2D eigenvalue weighted by Crippen LogP contribution is -2.41. The summed E-state index contributed by atoms with van der Waals surface area (Å²) in [5.41, 5.74) is 5.60. The third-order valence-electron chi connectivity index (χ3n) is 3.39. The molecule has 0 saturated carbocycles. The maximum absolute atomic E-state index is 12.5. The van der Waals surface area contributed by atoms with Crippen molar-refractivity contribution in [3.05, 3.63) is 28.2 Å². The molecule has 1 aromatic carbocycles. The van der Waals surface area contributed by atoms with E-state index in [0.29, 0.717) is 35.9 Å². The van der Waals surface area contributed by atoms with Gasteiger partial charge < -0.3 is 5.73 Å². The third-order valence-corrected chi connectivity index (χ3v) is 6.35. The van der Waals surface area contributed by atoms with Crippen molar-refractivity contribution in [2.45, 2.75) is 17.7 Å². The second kappa shape index (κ2) is 6.15. The van der Waals surface area contributed by atoms with Gasteiger partial charge in [0.15, 0.2) is 0 Å². The van der Waals surface area contributed by atoms with Crippen molar-refractivity contribution in [1.82, 2.24) is 4.31 Å². The lowest BCUT2D eigenvalue weighted by atomic mass is 9.98. The van der Waals surface area contributed by atoms with E-state index in [4.69, 9.17) is 41.2 Å². The van der Waals surface area contributed by atoms with Gasteiger partial charge in [-0.15, -0.1) is 0 Å². The lowest BCUT2D eigenvalue weighted by Gasteiger charge is -2.30. The molecular weight excluding hydrogens is 339 g/mol. The summed E-state index contributed by atoms with van der Waals surface area (Å²) in [5.74, 6) is 0.116. The van der Waals surface area contributed by atoms with Crippen LogP contribution in [0.5, 0.6) is 0 Å². The van der Waals surface area contributed by atoms with E-state index in [2.05, 4.69) is 0 Å². The van der Waals surface area contributed by atoms with E-state index < -0.39 is 10.0 Å². The number of halogens is 2. The molecule has 2 N–H and O–H groups in total. The fraction of sp³-hybridized carbons (Fsp3) is 0.417. The van der Waals surface area contributed by atoms with Crippen LogP contribution in [-0.4, -0.2) is 30.8 Å². The number of rotatable bonds is 3. The van der Waals surface area contributed by atoms with Crippen molar-refractivity contribution < 1.29 is 8.42 Å². The molecule has 20 heavy (non-hydrogen) atoms. The highest BCUT2D eigenvalue weighted by molar-refractivity contribution is 7.89. The standard InChI is InChI=1S/C12H14Cl2N2O2S2/c13-10-2-1-9(7-11(10)14)20(17,18)16-5-3-8(4-6-16)12(15)19/h1-2,7-8H,3-6H2,(H2,15,19). The number of hydrogen-bond donors (Lipinski definition) is 1. The highest BCUT2D eigenvalue weighted by atomic mass is 35.5. The molecule has 1 aliphatic rings. The second-order valence-electron chi connectivity index (χ2n) is 4.66. The molecule has 1 heterocycles. The van der Waals surface area contributed by atoms with Crippen LogP contribution in [-0.2, 0) is 10.0 Å². The number of piperidine rings is 1. The Morgan fingerprint density at radius 3 is 2.35 bits per heavy atom. The van der Waals surface area contributed by atoms with E-state index in [1.807, 2.05) is 0 Å². The van der Waals surface area contributed by atoms with Gasteiger partial charge in [0, 0.05) is 19.0 Å². The maximum atomic E-state index is 12.5. The first kappa shape index (κ1) is 16.0. The maximum Gasteiger partial charge on any atom is 0.243 e. The number of thiocarbonyl (C=S) groups is 1. The monoisotopic (exact) mass is 352 g/mol. The quantitative estimate of drug-likeness (QED) is 0.849. The number of nitrogens with two attached hydrogens (primary N) is 1. The van der Waals surface area contributed by atoms with Crippen LogP contribution >= 0.6 is 35.4 Å². The smallest absolute Gasteiger partial charge is 0.243 e. The molecule has 0 atom stereocenters. The summed E-state index contributed by atoms with van der Waals surface area (Å²) >= 11 is 16.6. The molecular formula is C12H14Cl2N2O2S2. The van der Waals surface area contributed by atoms with Crippen LogP contribution in [0, 0.1) is 5.92 Å². The number of sulfonamides is 1. The van der Waals surface area contributed by atoms with Gasteiger partial charge in [-0.1, -0.05) is 35.4 Å². The molecule has 4 nitrogen and oxygen atoms in total. The SMILES string of the molecule is NC(=S)C1CCN(S(=O)(=O)c2ccc(Cl)c(Cl)c2)CC1. The Morgan fingerprint density at radius 2 is 1.85 bits per heavy atom. The third kappa shape index (κ3) is 3.26. The zero-order chi connectivity index (χ0) is 14.9. The second-order valence-corrected chi connectivity index (χ2v) is 7.88. The summed E-state index contributed by atoms with van der Waals surface area (Å²) in [6, 6.07) is 4.32. The van der Waals surface area contributed by atoms with Crippen molar-refractivity contribution in [2.75, 3.05) is 13.1 Å². The molecule has 1 aromatic rings. The van der Waals surface area contributed by atoms with Crippen molar-refractivity contribution in [2.24, 2.45) is 11.7 Å². The summed E-state index contributed by atoms with van der Waals surface area (Å²) in [4.78, 5) is 0.609. The molecule has 0 amide bonds. The fourth-order valence-electron chi connectivity index (χ4n) is 2.17. The van der Waals surface area contributed by atoms with Gasteiger partial charge in [0.2, 0.25) is 10.0 Å². The Morgan fingerprint density at radius 1 is 1.25 bits per heavy atom. The Balaban J connectivity index is 2.19. The summed E-state index contributed by atoms with van der Waals surface area (Å²) in [6.45, 7) is 0.815. The predicted molar refractivity (Wildman–Crippen MR) is 84.7 cm³/mol. The van der Waals surface area contributed by atoms with Crippen LogP contribution in [0.15, 0.2) is 23.1 Å². The highest BCUT2D eigenvalue weighted by Gasteiger charge is 2.30. The molecule has 0 aromatic heterocycles. The fourth-order valence-corrected chi connectivity index (χ4v) is 4.26. The van der Waals surface area contributed by atoms with Crippen LogP contribution in [0.4, 0.5) is 0 Å². The van der Waals surface area contributed by atoms with E-state index in [1.54, 1.807) is 0 Å². The first-order valence-electron chi connectivity index (χ1n) is 6.07. The van der Waals surface area contributed by atoms with Crippen LogP contribution in [0.25, 0.3) is 0 Å². The van der Waals surface area contributed by atoms with Gasteiger partial charge >= 0.3 is 0 Å². The molecule has 0 spiro atoms. The van der Waals surface area contributed by atoms with Gasteiger partial charge in [0.25, 0.3) is 0 Å². The van der Waals surface area contributed by atoms with Crippen LogP contribution in [0.1, 0.15) is 12.8 Å². The molecule has 110 valence electrons. The lowest BCUT2D eigenvalue weighted by molar-refractivity contribution is 0.316. The molecule has 8 heteroatoms. The molecule has 1 fully saturated rings. The molecule has 2 rings (SSSR count). The first-order chi connectivity index (χ1) is 9.32. The minimum Gasteiger partial charge on any atom is -0.393 e. The molecule has 0 unspecified atom stereocenters. The Kier molecular flexibility index (Phi) is 4.92. The average Bonchev–Trinajstić information content (AvgIpc) is 2.41. The largest absolute Gasteiger partial charge is 0.393 e. The van der Waals surface area contributed by atoms with Crippen molar-refractivity contribution >= 4 is 50.4 Å². The Bertz CT molecular complexity index is 626. The van der Waals surface area contributed by atoms with Gasteiger partial charge in [0.1, 0.15) is 0 Å². The van der Waals surface area contributed by atoms with Crippen molar-refractivity contribution in [3.63, 3.8) is 0 Å². The van der Waals surface area contributed by atoms with Crippen LogP contribution < -0.4 is 5.73 Å². The van der Waals surface area contributed by atoms with Crippen molar-refractivity contribution in [3.8, 4) is 0 Å². The molecule has 1 saturated heterocycles. The average molecular weight is 353 g/mol. The minimum absolute atomic E-state index is 0.116. The van der Waals surface area contributed by atoms with Gasteiger partial charge in [0.05, 0.1) is 19.9 Å². The molecule has 0 bridgehead atoms. The Hall–Kier alpha value is -0.400. The zero-order valence-electron chi connectivity index (χ0n) is 10.6. The Labute approximate surface area is 133 Å². The van der Waals surface area contributed by atoms with Crippen LogP contribution in [0.2, 0.25) is 10.0 Å². The minimum atomic E-state index is -3.54. The first-order valence-corrected chi connectivity index (χ1v) is 8.67. The van der Waals surface area contributed by atoms with Gasteiger partial charge in [-0.25, -0.2) is 8.42 Å². The van der Waals surface area contributed by atoms with Gasteiger partial charge in [-0.05, 0) is 31.0 Å². The summed E-state index contributed by atoms with van der Waals surface area (Å²) in [7, 11) is -3.54. The highest BCUT2D eigenvalue weighted by Crippen LogP contribution is 2.28. The number of nitrogens with zero attached hydrogens (tertiary/aromatic N) is 1. The molecule has 0 radical (unpaired) electrons. The van der Waals surface area contributed by atoms with Crippen LogP contribution in [0.3, 0.4) is 0 Å². The normalized spacial score (nSPS) is 18.1. The predicted octanol–water partition coefficient (Wildman–Crippen LogP) is 2.68. The van der Waals surface area contributed by atoms with E-state index in [0.717, 1.165) is 0 Å². The summed E-state index contributed by atoms with van der Waals surface area (Å²) in [6.07, 6.45) is 1.30. The van der Waals surface area contributed by atoms with E-state index in [-0.39, 0.29) is 15.8 Å². The molecule has 1 aliphatic heterocycles. The molecule has 0 aliphatic carbocycles. The van der Waals surface area contributed by atoms with E-state index >= 15 is 0 Å². The summed E-state index contributed by atoms with van der Waals surface area (Å²) < 4.78 is 26.4. The van der Waals surface area contributed by atoms with Gasteiger partial charge in [-0.3, -0.25) is 0 Å². The van der Waals surface area contributed by atoms with Crippen molar-refractivity contribution in [1.29, 1.82) is 0 Å². The van der Waals surface area contributed by atoms with Gasteiger partial charge in [-0.2, -0.15) is 4.31 Å². The van der Waals surface area contributed by atoms with E-state index in [9.17, 15) is 8.42 Å². The van der Waals surface area contributed by atoms with E-state index in [1.165, 1.54) is 22.5 Å². The number of benzene rings is 1.